The minimum atomic E-state index is -2.66. The van der Waals surface area contributed by atoms with Gasteiger partial charge in [-0.1, -0.05) is 0 Å². The average molecular weight is 443 g/mol. The van der Waals surface area contributed by atoms with Crippen molar-refractivity contribution in [1.29, 1.82) is 0 Å². The summed E-state index contributed by atoms with van der Waals surface area (Å²) in [5, 5.41) is 0. The van der Waals surface area contributed by atoms with Crippen LogP contribution in [-0.4, -0.2) is 42.2 Å². The van der Waals surface area contributed by atoms with E-state index in [0.717, 1.165) is 0 Å². The Morgan fingerprint density at radius 3 is 1.88 bits per heavy atom. The number of carbonyl (C=O) groups is 1. The second-order valence-electron chi connectivity index (χ2n) is 8.06. The van der Waals surface area contributed by atoms with E-state index in [2.05, 4.69) is 26.8 Å². The zero-order chi connectivity index (χ0) is 17.8. The van der Waals surface area contributed by atoms with E-state index in [9.17, 15) is 4.79 Å². The van der Waals surface area contributed by atoms with Crippen LogP contribution in [-0.2, 0) is 14.3 Å². The fourth-order valence-electron chi connectivity index (χ4n) is 4.28. The molecular formula is C20H36O3Sn. The number of unbranched alkanes of at least 4 members (excludes halogenated alkanes) is 3. The monoisotopic (exact) mass is 444 g/mol. The van der Waals surface area contributed by atoms with Gasteiger partial charge in [-0.25, -0.2) is 0 Å². The number of rotatable bonds is 10. The number of carbonyl (C=O) groups excluding carboxylic acids is 1. The third-order valence-corrected chi connectivity index (χ3v) is 21.2. The van der Waals surface area contributed by atoms with Gasteiger partial charge in [0, 0.05) is 0 Å². The zero-order valence-electron chi connectivity index (χ0n) is 16.3. The van der Waals surface area contributed by atoms with Crippen LogP contribution in [0.25, 0.3) is 0 Å². The zero-order valence-corrected chi connectivity index (χ0v) is 19.2. The minimum absolute atomic E-state index is 0.136. The second-order valence-corrected chi connectivity index (χ2v) is 21.2. The van der Waals surface area contributed by atoms with E-state index in [1.54, 1.807) is 0 Å². The number of ether oxygens (including phenoxy) is 2. The number of Topliss-reactive ketones (excluding diaryl/α,β-unsaturated/α-hetero) is 1. The predicted molar refractivity (Wildman–Crippen MR) is 102 cm³/mol. The van der Waals surface area contributed by atoms with Gasteiger partial charge in [-0.2, -0.15) is 0 Å². The van der Waals surface area contributed by atoms with E-state index in [-0.39, 0.29) is 18.0 Å². The van der Waals surface area contributed by atoms with E-state index >= 15 is 0 Å². The number of hydrogen-bond acceptors (Lipinski definition) is 3. The quantitative estimate of drug-likeness (QED) is 0.424. The van der Waals surface area contributed by atoms with Crippen LogP contribution in [0, 0.1) is 0 Å². The Morgan fingerprint density at radius 1 is 0.958 bits per heavy atom. The molecule has 3 nitrogen and oxygen atoms in total. The molecule has 1 saturated heterocycles. The van der Waals surface area contributed by atoms with Crippen molar-refractivity contribution in [3.63, 3.8) is 0 Å². The molecule has 0 radical (unpaired) electrons. The van der Waals surface area contributed by atoms with Gasteiger partial charge in [0.1, 0.15) is 0 Å². The van der Waals surface area contributed by atoms with Crippen molar-refractivity contribution in [3.8, 4) is 0 Å². The topological polar surface area (TPSA) is 35.5 Å². The summed E-state index contributed by atoms with van der Waals surface area (Å²) < 4.78 is 17.1. The van der Waals surface area contributed by atoms with Crippen LogP contribution in [0.15, 0.2) is 9.67 Å². The Hall–Kier alpha value is 0.129. The number of hydrogen-bond donors (Lipinski definition) is 0. The Kier molecular flexibility index (Phi) is 7.39. The standard InChI is InChI=1S/C8H9O3.3C4H9.Sn/c1-8(2)10-6-4-3-5(9)7(6)11-8;3*1-3-4-2;/h4,6-7H,1-2H3;3*1,3-4H2,2H3;/t6-,7+;;;;/m1..../s1. The molecule has 0 aromatic carbocycles. The van der Waals surface area contributed by atoms with Crippen LogP contribution in [0.1, 0.15) is 73.1 Å². The number of fused-ring (bicyclic) bond motifs is 1. The molecule has 0 amide bonds. The van der Waals surface area contributed by atoms with Gasteiger partial charge in [-0.3, -0.25) is 0 Å². The first-order valence-electron chi connectivity index (χ1n) is 10.0. The maximum absolute atomic E-state index is 13.2. The summed E-state index contributed by atoms with van der Waals surface area (Å²) in [5.41, 5.74) is 0. The van der Waals surface area contributed by atoms with Crippen LogP contribution in [0.3, 0.4) is 0 Å². The second kappa shape index (κ2) is 8.68. The Bertz CT molecular complexity index is 448. The molecule has 0 unspecified atom stereocenters. The van der Waals surface area contributed by atoms with Crippen LogP contribution >= 0.6 is 0 Å². The van der Waals surface area contributed by atoms with Crippen molar-refractivity contribution in [2.45, 2.75) is 104 Å². The van der Waals surface area contributed by atoms with Gasteiger partial charge in [0.2, 0.25) is 0 Å². The normalized spacial score (nSPS) is 25.9. The van der Waals surface area contributed by atoms with Gasteiger partial charge in [-0.05, 0) is 0 Å². The Labute approximate surface area is 152 Å². The first kappa shape index (κ1) is 20.4. The van der Waals surface area contributed by atoms with Crippen LogP contribution in [0.5, 0.6) is 0 Å². The third kappa shape index (κ3) is 4.45. The van der Waals surface area contributed by atoms with Crippen LogP contribution in [0.2, 0.25) is 13.3 Å². The Balaban J connectivity index is 2.29. The molecule has 1 aliphatic heterocycles. The summed E-state index contributed by atoms with van der Waals surface area (Å²) >= 11 is -2.66. The molecule has 24 heavy (non-hydrogen) atoms. The molecule has 0 aromatic rings. The molecule has 1 heterocycles. The summed E-state index contributed by atoms with van der Waals surface area (Å²) in [7, 11) is 0. The van der Waals surface area contributed by atoms with Crippen LogP contribution in [0.4, 0.5) is 0 Å². The first-order valence-corrected chi connectivity index (χ1v) is 17.5. The van der Waals surface area contributed by atoms with Crippen molar-refractivity contribution >= 4 is 24.2 Å². The first-order chi connectivity index (χ1) is 11.4. The molecule has 138 valence electrons. The van der Waals surface area contributed by atoms with Gasteiger partial charge in [0.05, 0.1) is 0 Å². The van der Waals surface area contributed by atoms with E-state index in [0.29, 0.717) is 0 Å². The van der Waals surface area contributed by atoms with Gasteiger partial charge in [0.25, 0.3) is 0 Å². The van der Waals surface area contributed by atoms with E-state index in [4.69, 9.17) is 9.47 Å². The molecule has 4 heteroatoms. The molecule has 1 aliphatic carbocycles. The van der Waals surface area contributed by atoms with Gasteiger partial charge < -0.3 is 0 Å². The molecule has 0 N–H and O–H groups in total. The third-order valence-electron chi connectivity index (χ3n) is 5.58. The molecule has 0 bridgehead atoms. The fourth-order valence-corrected chi connectivity index (χ4v) is 20.9. The molecular weight excluding hydrogens is 407 g/mol. The van der Waals surface area contributed by atoms with Crippen molar-refractivity contribution in [3.05, 3.63) is 9.67 Å². The summed E-state index contributed by atoms with van der Waals surface area (Å²) in [6, 6.07) is 0. The van der Waals surface area contributed by atoms with Gasteiger partial charge in [-0.15, -0.1) is 0 Å². The van der Waals surface area contributed by atoms with Crippen molar-refractivity contribution < 1.29 is 14.3 Å². The van der Waals surface area contributed by atoms with E-state index < -0.39 is 24.2 Å². The van der Waals surface area contributed by atoms with Crippen molar-refractivity contribution in [2.75, 3.05) is 0 Å². The molecule has 0 aromatic heterocycles. The summed E-state index contributed by atoms with van der Waals surface area (Å²) in [6.07, 6.45) is 9.21. The summed E-state index contributed by atoms with van der Waals surface area (Å²) in [6.45, 7) is 10.6. The van der Waals surface area contributed by atoms with Gasteiger partial charge >= 0.3 is 153 Å². The molecule has 0 saturated carbocycles. The molecule has 0 spiro atoms. The summed E-state index contributed by atoms with van der Waals surface area (Å²) in [5.74, 6) is -0.341. The molecule has 2 atom stereocenters. The van der Waals surface area contributed by atoms with E-state index in [1.165, 1.54) is 55.4 Å². The number of ketones is 1. The van der Waals surface area contributed by atoms with Crippen molar-refractivity contribution in [1.82, 2.24) is 0 Å². The van der Waals surface area contributed by atoms with Gasteiger partial charge in [0.15, 0.2) is 0 Å². The molecule has 2 rings (SSSR count). The van der Waals surface area contributed by atoms with E-state index in [1.807, 2.05) is 13.8 Å². The van der Waals surface area contributed by atoms with Crippen molar-refractivity contribution in [2.24, 2.45) is 0 Å². The summed E-state index contributed by atoms with van der Waals surface area (Å²) in [4.78, 5) is 13.2. The molecule has 1 fully saturated rings. The maximum atomic E-state index is 13.2. The average Bonchev–Trinajstić information content (AvgIpc) is 3.01. The SMILES string of the molecule is CCC[CH2][Sn]([CH2]CCC)([CH2]CCC)[C]1=C[C@H]2OC(C)(C)O[C@H]2C1=O. The van der Waals surface area contributed by atoms with Crippen LogP contribution < -0.4 is 0 Å². The fraction of sp³-hybridized carbons (Fsp3) is 0.850. The molecule has 2 aliphatic rings. The predicted octanol–water partition coefficient (Wildman–Crippen LogP) is 5.40. The Morgan fingerprint density at radius 2 is 1.46 bits per heavy atom.